The molecule has 0 aromatic heterocycles. The summed E-state index contributed by atoms with van der Waals surface area (Å²) in [5.41, 5.74) is 5.69. The molecule has 206 valence electrons. The standard InChI is InChI=1S/C28H42F2N4O3/c29-24(30)27-33-25(34-37-27)19-8-10-21-18(14-19)9-11-23(21)32-26(36)22-15-20(16-35)31-17-28(22)12-6-4-2-1-3-5-7-13-28/h8,10,14,20,22-25,27,31,33-35H,1-7,9,11-13,15-17H2,(H,32,36)/t20?,22?,23-,25?,27?/m1/s1. The lowest BCUT2D eigenvalue weighted by molar-refractivity contribution is -0.133. The van der Waals surface area contributed by atoms with Crippen LogP contribution in [-0.4, -0.2) is 42.9 Å². The smallest absolute Gasteiger partial charge is 0.279 e. The lowest BCUT2D eigenvalue weighted by atomic mass is 9.63. The predicted molar refractivity (Wildman–Crippen MR) is 137 cm³/mol. The Morgan fingerprint density at radius 2 is 1.86 bits per heavy atom. The van der Waals surface area contributed by atoms with E-state index in [1.54, 1.807) is 0 Å². The normalized spacial score (nSPS) is 32.4. The molecule has 2 aliphatic heterocycles. The second kappa shape index (κ2) is 12.0. The van der Waals surface area contributed by atoms with E-state index in [4.69, 9.17) is 4.84 Å². The summed E-state index contributed by atoms with van der Waals surface area (Å²) in [5.74, 6) is 0.00945. The van der Waals surface area contributed by atoms with Gasteiger partial charge in [0, 0.05) is 18.5 Å². The molecule has 5 rings (SSSR count). The highest BCUT2D eigenvalue weighted by Crippen LogP contribution is 2.45. The number of carbonyl (C=O) groups excluding carboxylic acids is 1. The molecule has 9 heteroatoms. The molecule has 0 radical (unpaired) electrons. The van der Waals surface area contributed by atoms with Gasteiger partial charge in [-0.05, 0) is 54.2 Å². The van der Waals surface area contributed by atoms with Crippen LogP contribution in [0, 0.1) is 11.3 Å². The van der Waals surface area contributed by atoms with Gasteiger partial charge in [0.05, 0.1) is 12.6 Å². The number of hydrogen-bond donors (Lipinski definition) is 5. The van der Waals surface area contributed by atoms with E-state index in [1.165, 1.54) is 32.1 Å². The summed E-state index contributed by atoms with van der Waals surface area (Å²) < 4.78 is 25.9. The molecule has 3 fully saturated rings. The summed E-state index contributed by atoms with van der Waals surface area (Å²) in [4.78, 5) is 18.9. The molecule has 2 saturated heterocycles. The fourth-order valence-electron chi connectivity index (χ4n) is 7.00. The molecule has 2 heterocycles. The van der Waals surface area contributed by atoms with Crippen molar-refractivity contribution in [2.24, 2.45) is 11.3 Å². The third kappa shape index (κ3) is 6.01. The Hall–Kier alpha value is -1.65. The number of hydrogen-bond acceptors (Lipinski definition) is 6. The van der Waals surface area contributed by atoms with Crippen molar-refractivity contribution < 1.29 is 23.5 Å². The van der Waals surface area contributed by atoms with Gasteiger partial charge in [0.15, 0.2) is 6.23 Å². The number of aliphatic hydroxyl groups excluding tert-OH is 1. The Bertz CT molecular complexity index is 917. The second-order valence-electron chi connectivity index (χ2n) is 11.5. The van der Waals surface area contributed by atoms with Crippen LogP contribution < -0.4 is 21.4 Å². The maximum Gasteiger partial charge on any atom is 0.279 e. The fraction of sp³-hybridized carbons (Fsp3) is 0.750. The molecule has 5 atom stereocenters. The van der Waals surface area contributed by atoms with Crippen LogP contribution in [0.25, 0.3) is 0 Å². The average Bonchev–Trinajstić information content (AvgIpc) is 3.56. The van der Waals surface area contributed by atoms with Crippen LogP contribution in [0.3, 0.4) is 0 Å². The van der Waals surface area contributed by atoms with E-state index in [2.05, 4.69) is 21.4 Å². The summed E-state index contributed by atoms with van der Waals surface area (Å²) in [7, 11) is 0. The Labute approximate surface area is 218 Å². The highest BCUT2D eigenvalue weighted by Gasteiger charge is 2.46. The molecule has 1 amide bonds. The second-order valence-corrected chi connectivity index (χ2v) is 11.5. The lowest BCUT2D eigenvalue weighted by Gasteiger charge is -2.47. The van der Waals surface area contributed by atoms with Crippen LogP contribution in [0.5, 0.6) is 0 Å². The first-order valence-electron chi connectivity index (χ1n) is 14.2. The van der Waals surface area contributed by atoms with Crippen molar-refractivity contribution in [3.8, 4) is 0 Å². The number of rotatable bonds is 5. The third-order valence-electron chi connectivity index (χ3n) is 9.16. The Kier molecular flexibility index (Phi) is 8.76. The molecule has 0 bridgehead atoms. The zero-order chi connectivity index (χ0) is 25.8. The molecule has 1 spiro atoms. The molecule has 37 heavy (non-hydrogen) atoms. The van der Waals surface area contributed by atoms with Crippen molar-refractivity contribution in [3.63, 3.8) is 0 Å². The van der Waals surface area contributed by atoms with Crippen LogP contribution >= 0.6 is 0 Å². The summed E-state index contributed by atoms with van der Waals surface area (Å²) >= 11 is 0. The highest BCUT2D eigenvalue weighted by molar-refractivity contribution is 5.80. The molecule has 1 aromatic carbocycles. The summed E-state index contributed by atoms with van der Waals surface area (Å²) in [6, 6.07) is 5.87. The largest absolute Gasteiger partial charge is 0.395 e. The van der Waals surface area contributed by atoms with Gasteiger partial charge >= 0.3 is 0 Å². The fourth-order valence-corrected chi connectivity index (χ4v) is 7.00. The Balaban J connectivity index is 1.29. The number of fused-ring (bicyclic) bond motifs is 1. The molecule has 1 aromatic rings. The van der Waals surface area contributed by atoms with Crippen LogP contribution in [-0.2, 0) is 16.1 Å². The van der Waals surface area contributed by atoms with E-state index in [1.807, 2.05) is 18.2 Å². The maximum absolute atomic E-state index is 13.9. The van der Waals surface area contributed by atoms with Gasteiger partial charge in [-0.3, -0.25) is 14.9 Å². The third-order valence-corrected chi connectivity index (χ3v) is 9.16. The van der Waals surface area contributed by atoms with E-state index < -0.39 is 18.8 Å². The monoisotopic (exact) mass is 520 g/mol. The van der Waals surface area contributed by atoms with E-state index in [9.17, 15) is 18.7 Å². The lowest BCUT2D eigenvalue weighted by Crippen LogP contribution is -2.57. The summed E-state index contributed by atoms with van der Waals surface area (Å²) in [5, 5.41) is 19.6. The predicted octanol–water partition coefficient (Wildman–Crippen LogP) is 3.99. The Morgan fingerprint density at radius 1 is 1.14 bits per heavy atom. The van der Waals surface area contributed by atoms with E-state index in [0.29, 0.717) is 6.42 Å². The van der Waals surface area contributed by atoms with Gasteiger partial charge in [0.2, 0.25) is 5.91 Å². The topological polar surface area (TPSA) is 94.7 Å². The van der Waals surface area contributed by atoms with Gasteiger partial charge in [-0.2, -0.15) is 5.48 Å². The minimum absolute atomic E-state index is 0.0408. The van der Waals surface area contributed by atoms with Crippen molar-refractivity contribution in [1.82, 2.24) is 21.4 Å². The number of alkyl halides is 2. The molecule has 5 N–H and O–H groups in total. The van der Waals surface area contributed by atoms with Crippen LogP contribution in [0.15, 0.2) is 18.2 Å². The first kappa shape index (κ1) is 26.9. The molecule has 4 unspecified atom stereocenters. The number of piperidine rings is 1. The molecule has 2 aliphatic carbocycles. The van der Waals surface area contributed by atoms with Gasteiger partial charge in [-0.25, -0.2) is 8.78 Å². The van der Waals surface area contributed by atoms with Crippen LogP contribution in [0.2, 0.25) is 0 Å². The zero-order valence-corrected chi connectivity index (χ0v) is 21.6. The summed E-state index contributed by atoms with van der Waals surface area (Å²) in [6.07, 6.45) is 8.66. The molecule has 7 nitrogen and oxygen atoms in total. The average molecular weight is 521 g/mol. The molecule has 4 aliphatic rings. The first-order valence-corrected chi connectivity index (χ1v) is 14.2. The van der Waals surface area contributed by atoms with Gasteiger partial charge < -0.3 is 15.7 Å². The van der Waals surface area contributed by atoms with Crippen molar-refractivity contribution in [1.29, 1.82) is 0 Å². The van der Waals surface area contributed by atoms with Crippen molar-refractivity contribution in [2.75, 3.05) is 13.2 Å². The molecule has 1 saturated carbocycles. The van der Waals surface area contributed by atoms with Crippen molar-refractivity contribution >= 4 is 5.91 Å². The number of amides is 1. The maximum atomic E-state index is 13.9. The van der Waals surface area contributed by atoms with E-state index >= 15 is 0 Å². The first-order chi connectivity index (χ1) is 18.0. The van der Waals surface area contributed by atoms with Crippen molar-refractivity contribution in [3.05, 3.63) is 34.9 Å². The zero-order valence-electron chi connectivity index (χ0n) is 21.6. The van der Waals surface area contributed by atoms with Crippen LogP contribution in [0.4, 0.5) is 8.78 Å². The number of carbonyl (C=O) groups is 1. The summed E-state index contributed by atoms with van der Waals surface area (Å²) in [6.45, 7) is 0.846. The number of nitrogens with one attached hydrogen (secondary N) is 4. The van der Waals surface area contributed by atoms with Crippen LogP contribution in [0.1, 0.15) is 99.5 Å². The van der Waals surface area contributed by atoms with Crippen molar-refractivity contribution in [2.45, 2.75) is 108 Å². The number of benzene rings is 1. The molecular weight excluding hydrogens is 478 g/mol. The molecular formula is C28H42F2N4O3. The number of halogens is 2. The van der Waals surface area contributed by atoms with Gasteiger partial charge in [-0.1, -0.05) is 63.1 Å². The van der Waals surface area contributed by atoms with Gasteiger partial charge in [-0.15, -0.1) is 0 Å². The number of aryl methyl sites for hydroxylation is 1. The Morgan fingerprint density at radius 3 is 2.54 bits per heavy atom. The van der Waals surface area contributed by atoms with E-state index in [-0.39, 0.29) is 35.9 Å². The van der Waals surface area contributed by atoms with Gasteiger partial charge in [0.1, 0.15) is 6.17 Å². The quantitative estimate of drug-likeness (QED) is 0.403. The number of aliphatic hydroxyl groups is 1. The SMILES string of the molecule is O=C(N[C@@H]1CCc2cc(C3NOC(C(F)F)N3)ccc21)C1CC(CO)NCC12CCCCCCCCC2. The number of hydroxylamine groups is 1. The minimum Gasteiger partial charge on any atom is -0.395 e. The minimum atomic E-state index is -2.61. The van der Waals surface area contributed by atoms with E-state index in [0.717, 1.165) is 61.8 Å². The highest BCUT2D eigenvalue weighted by atomic mass is 19.3. The van der Waals surface area contributed by atoms with Gasteiger partial charge in [0.25, 0.3) is 6.43 Å².